The molecule has 2 aromatic rings. The van der Waals surface area contributed by atoms with Gasteiger partial charge in [0, 0.05) is 24.0 Å². The van der Waals surface area contributed by atoms with Gasteiger partial charge in [0.15, 0.2) is 0 Å². The molecule has 34 heavy (non-hydrogen) atoms. The van der Waals surface area contributed by atoms with Gasteiger partial charge in [-0.1, -0.05) is 36.4 Å². The Hall–Kier alpha value is -3.72. The molecular weight excluding hydrogens is 436 g/mol. The normalized spacial score (nSPS) is 27.2. The van der Waals surface area contributed by atoms with Crippen LogP contribution in [0, 0.1) is 18.8 Å². The summed E-state index contributed by atoms with van der Waals surface area (Å²) in [5.74, 6) is -2.56. The molecule has 4 atom stereocenters. The van der Waals surface area contributed by atoms with Crippen LogP contribution in [0.2, 0.25) is 0 Å². The number of hydrogen-bond donors (Lipinski definition) is 3. The first-order valence-corrected chi connectivity index (χ1v) is 11.3. The predicted octanol–water partition coefficient (Wildman–Crippen LogP) is 0.164. The van der Waals surface area contributed by atoms with Crippen LogP contribution in [-0.4, -0.2) is 41.7 Å². The monoisotopic (exact) mass is 463 g/mol. The molecule has 0 bridgehead atoms. The Kier molecular flexibility index (Phi) is 5.16. The van der Waals surface area contributed by atoms with Gasteiger partial charge in [-0.05, 0) is 18.6 Å². The molecule has 9 nitrogen and oxygen atoms in total. The molecule has 176 valence electrons. The number of nitrogens with one attached hydrogen (secondary N) is 1. The fourth-order valence-corrected chi connectivity index (χ4v) is 5.93. The number of likely N-dealkylation sites (tertiary alicyclic amines) is 1. The zero-order valence-corrected chi connectivity index (χ0v) is 19.0. The number of carbonyl (C=O) groups is 4. The molecule has 0 aromatic heterocycles. The third-order valence-corrected chi connectivity index (χ3v) is 7.45. The number of quaternary nitrogens is 1. The molecule has 2 fully saturated rings. The van der Waals surface area contributed by atoms with Gasteiger partial charge in [0.1, 0.15) is 23.6 Å². The Labute approximate surface area is 196 Å². The summed E-state index contributed by atoms with van der Waals surface area (Å²) in [4.78, 5) is 53.8. The summed E-state index contributed by atoms with van der Waals surface area (Å²) in [5, 5.41) is 4.77. The van der Waals surface area contributed by atoms with Gasteiger partial charge in [0.2, 0.25) is 23.3 Å². The highest BCUT2D eigenvalue weighted by atomic mass is 16.5. The van der Waals surface area contributed by atoms with Crippen LogP contribution in [0.15, 0.2) is 42.5 Å². The Morgan fingerprint density at radius 2 is 1.91 bits per heavy atom. The highest BCUT2D eigenvalue weighted by Gasteiger charge is 2.74. The molecule has 3 aliphatic heterocycles. The van der Waals surface area contributed by atoms with E-state index in [1.54, 1.807) is 12.1 Å². The van der Waals surface area contributed by atoms with Crippen molar-refractivity contribution in [2.24, 2.45) is 17.6 Å². The van der Waals surface area contributed by atoms with E-state index < -0.39 is 29.3 Å². The first-order chi connectivity index (χ1) is 16.3. The topological polar surface area (TPSA) is 135 Å². The van der Waals surface area contributed by atoms with Gasteiger partial charge in [0.05, 0.1) is 19.3 Å². The number of para-hydroxylation sites is 2. The van der Waals surface area contributed by atoms with Crippen LogP contribution in [0.4, 0.5) is 5.69 Å². The van der Waals surface area contributed by atoms with E-state index in [1.807, 2.05) is 42.6 Å². The quantitative estimate of drug-likeness (QED) is 0.525. The molecule has 4 amide bonds. The minimum absolute atomic E-state index is 0.0512. The van der Waals surface area contributed by atoms with Gasteiger partial charge in [0.25, 0.3) is 5.91 Å². The van der Waals surface area contributed by atoms with E-state index in [9.17, 15) is 19.2 Å². The van der Waals surface area contributed by atoms with E-state index in [2.05, 4.69) is 5.32 Å². The van der Waals surface area contributed by atoms with E-state index in [1.165, 1.54) is 12.0 Å². The average molecular weight is 464 g/mol. The number of imide groups is 1. The third-order valence-electron chi connectivity index (χ3n) is 7.45. The number of anilines is 1. The van der Waals surface area contributed by atoms with Crippen LogP contribution in [0.5, 0.6) is 5.75 Å². The number of hydrogen-bond acceptors (Lipinski definition) is 5. The number of benzene rings is 2. The number of ether oxygens (including phenoxy) is 1. The third kappa shape index (κ3) is 3.03. The van der Waals surface area contributed by atoms with Crippen molar-refractivity contribution in [3.63, 3.8) is 0 Å². The fourth-order valence-electron chi connectivity index (χ4n) is 5.93. The number of methoxy groups -OCH3 is 1. The van der Waals surface area contributed by atoms with E-state index in [4.69, 9.17) is 10.5 Å². The summed E-state index contributed by atoms with van der Waals surface area (Å²) < 4.78 is 5.41. The second-order valence-corrected chi connectivity index (χ2v) is 9.23. The molecule has 5 N–H and O–H groups in total. The number of primary amides is 1. The van der Waals surface area contributed by atoms with Crippen LogP contribution in [0.3, 0.4) is 0 Å². The molecule has 3 heterocycles. The van der Waals surface area contributed by atoms with Crippen molar-refractivity contribution in [3.8, 4) is 5.75 Å². The summed E-state index contributed by atoms with van der Waals surface area (Å²) >= 11 is 0. The lowest BCUT2D eigenvalue weighted by atomic mass is 9.76. The van der Waals surface area contributed by atoms with Gasteiger partial charge < -0.3 is 21.1 Å². The smallest absolute Gasteiger partial charge is 0.291 e. The van der Waals surface area contributed by atoms with Crippen LogP contribution >= 0.6 is 0 Å². The zero-order chi connectivity index (χ0) is 24.2. The van der Waals surface area contributed by atoms with Crippen molar-refractivity contribution >= 4 is 29.3 Å². The van der Waals surface area contributed by atoms with Crippen LogP contribution in [0.25, 0.3) is 0 Å². The van der Waals surface area contributed by atoms with Gasteiger partial charge in [-0.3, -0.25) is 24.1 Å². The molecule has 5 rings (SSSR count). The maximum atomic E-state index is 13.9. The minimum atomic E-state index is -1.27. The van der Waals surface area contributed by atoms with Gasteiger partial charge in [-0.2, -0.15) is 0 Å². The number of nitrogens with zero attached hydrogens (tertiary/aromatic N) is 1. The van der Waals surface area contributed by atoms with Gasteiger partial charge >= 0.3 is 0 Å². The van der Waals surface area contributed by atoms with Crippen LogP contribution in [-0.2, 0) is 31.3 Å². The molecule has 3 aliphatic rings. The molecule has 0 radical (unpaired) electrons. The number of fused-ring (bicyclic) bond motifs is 4. The minimum Gasteiger partial charge on any atom is -0.496 e. The van der Waals surface area contributed by atoms with Gasteiger partial charge in [-0.25, -0.2) is 0 Å². The lowest BCUT2D eigenvalue weighted by molar-refractivity contribution is -0.734. The molecule has 9 heteroatoms. The standard InChI is InChI=1S/C25H26N4O5/c1-13-6-5-8-15-21(13)27-24(33)25(15)20-19(16(28-25)10-11-18(26)30)22(31)29(23(20)32)12-14-7-3-4-9-17(14)34-2/h3-9,16,19-20,28H,10-12H2,1-2H3,(H2,26,30)(H,27,33)/p+1/t16-,19+,20-,25+/m0/s1. The van der Waals surface area contributed by atoms with E-state index in [0.717, 1.165) is 5.56 Å². The number of carbonyl (C=O) groups excluding carboxylic acids is 4. The van der Waals surface area contributed by atoms with E-state index in [-0.39, 0.29) is 30.7 Å². The Morgan fingerprint density at radius 3 is 2.65 bits per heavy atom. The Bertz CT molecular complexity index is 1230. The second kappa shape index (κ2) is 7.95. The highest BCUT2D eigenvalue weighted by Crippen LogP contribution is 2.50. The molecule has 2 aromatic carbocycles. The lowest BCUT2D eigenvalue weighted by Crippen LogP contribution is -2.99. The molecule has 1 spiro atoms. The summed E-state index contributed by atoms with van der Waals surface area (Å²) in [7, 11) is 1.53. The van der Waals surface area contributed by atoms with Crippen molar-refractivity contribution in [3.05, 3.63) is 59.2 Å². The van der Waals surface area contributed by atoms with Crippen LogP contribution < -0.4 is 21.1 Å². The average Bonchev–Trinajstić information content (AvgIpc) is 3.40. The maximum Gasteiger partial charge on any atom is 0.291 e. The summed E-state index contributed by atoms with van der Waals surface area (Å²) in [6, 6.07) is 12.4. The van der Waals surface area contributed by atoms with Gasteiger partial charge in [-0.15, -0.1) is 0 Å². The first-order valence-electron chi connectivity index (χ1n) is 11.3. The summed E-state index contributed by atoms with van der Waals surface area (Å²) in [6.45, 7) is 1.94. The van der Waals surface area contributed by atoms with Crippen molar-refractivity contribution in [1.82, 2.24) is 4.90 Å². The highest BCUT2D eigenvalue weighted by molar-refractivity contribution is 6.14. The maximum absolute atomic E-state index is 13.9. The molecule has 2 saturated heterocycles. The number of nitrogens with two attached hydrogens (primary N) is 2. The second-order valence-electron chi connectivity index (χ2n) is 9.23. The Morgan fingerprint density at radius 1 is 1.15 bits per heavy atom. The van der Waals surface area contributed by atoms with E-state index in [0.29, 0.717) is 29.0 Å². The zero-order valence-electron chi connectivity index (χ0n) is 19.0. The van der Waals surface area contributed by atoms with E-state index >= 15 is 0 Å². The van der Waals surface area contributed by atoms with Crippen molar-refractivity contribution in [2.75, 3.05) is 12.4 Å². The van der Waals surface area contributed by atoms with Crippen LogP contribution in [0.1, 0.15) is 29.5 Å². The van der Waals surface area contributed by atoms with Crippen molar-refractivity contribution < 1.29 is 29.2 Å². The summed E-state index contributed by atoms with van der Waals surface area (Å²) in [5.41, 5.74) is 7.09. The molecule has 0 aliphatic carbocycles. The van der Waals surface area contributed by atoms with Crippen molar-refractivity contribution in [2.45, 2.75) is 37.9 Å². The molecule has 0 unspecified atom stereocenters. The number of aryl methyl sites for hydroxylation is 1. The largest absolute Gasteiger partial charge is 0.496 e. The first kappa shape index (κ1) is 22.1. The number of rotatable bonds is 6. The number of amides is 4. The van der Waals surface area contributed by atoms with Crippen molar-refractivity contribution in [1.29, 1.82) is 0 Å². The summed E-state index contributed by atoms with van der Waals surface area (Å²) in [6.07, 6.45) is 0.366. The molecule has 0 saturated carbocycles. The Balaban J connectivity index is 1.59. The fraction of sp³-hybridized carbons (Fsp3) is 0.360. The predicted molar refractivity (Wildman–Crippen MR) is 121 cm³/mol. The lowest BCUT2D eigenvalue weighted by Gasteiger charge is -2.26. The molecular formula is C25H27N4O5+. The SMILES string of the molecule is COc1ccccc1CN1C(=O)[C@@H]2[C@H](CCC(N)=O)[NH2+][C@@]3(C(=O)Nc4c(C)cccc43)[C@@H]2C1=O.